The Hall–Kier alpha value is -4.29. The van der Waals surface area contributed by atoms with Crippen LogP contribution in [0.25, 0.3) is 22.3 Å². The van der Waals surface area contributed by atoms with Crippen LogP contribution >= 0.6 is 0 Å². The lowest BCUT2D eigenvalue weighted by molar-refractivity contribution is -0.276. The molecule has 1 aliphatic rings. The number of methoxy groups -OCH3 is 2. The van der Waals surface area contributed by atoms with Crippen LogP contribution in [0.3, 0.4) is 0 Å². The Kier molecular flexibility index (Phi) is 7.44. The van der Waals surface area contributed by atoms with Crippen molar-refractivity contribution in [3.05, 3.63) is 59.7 Å². The van der Waals surface area contributed by atoms with Crippen LogP contribution < -0.4 is 18.9 Å². The highest BCUT2D eigenvalue weighted by Gasteiger charge is 2.34. The molecule has 1 heterocycles. The second kappa shape index (κ2) is 10.5. The molecule has 7 nitrogen and oxygen atoms in total. The molecule has 4 rings (SSSR count). The minimum absolute atomic E-state index is 0.0488. The van der Waals surface area contributed by atoms with Gasteiger partial charge in [0.2, 0.25) is 0 Å². The number of nitrogens with zero attached hydrogens (tertiary/aromatic N) is 1. The summed E-state index contributed by atoms with van der Waals surface area (Å²) in [6.45, 7) is 0.105. The van der Waals surface area contributed by atoms with E-state index in [0.29, 0.717) is 27.8 Å². The van der Waals surface area contributed by atoms with Gasteiger partial charge in [0.1, 0.15) is 0 Å². The summed E-state index contributed by atoms with van der Waals surface area (Å²) in [5, 5.41) is 9.52. The molecule has 0 fully saturated rings. The topological polar surface area (TPSA) is 77.5 Å². The number of carboxylic acid groups (broad SMARTS) is 1. The van der Waals surface area contributed by atoms with Crippen molar-refractivity contribution in [3.63, 3.8) is 0 Å². The number of carbonyl (C=O) groups is 1. The van der Waals surface area contributed by atoms with Crippen LogP contribution in [0.1, 0.15) is 11.1 Å². The summed E-state index contributed by atoms with van der Waals surface area (Å²) in [6, 6.07) is 11.1. The lowest BCUT2D eigenvalue weighted by atomic mass is 9.87. The van der Waals surface area contributed by atoms with E-state index in [9.17, 15) is 36.2 Å². The third-order valence-electron chi connectivity index (χ3n) is 6.04. The van der Waals surface area contributed by atoms with Gasteiger partial charge in [0.15, 0.2) is 23.0 Å². The standard InChI is InChI=1S/C26H21F6NO6/c1-36-20-5-3-14(11-22(20)38-25(27,28)29)17-9-16-7-8-33(24(34)35)13-19(16)18(10-17)15-4-6-21(37-2)23(12-15)39-26(30,31)32/h3-6,9-12H,7-8,13H2,1-2H3,(H,34,35). The molecule has 0 bridgehead atoms. The van der Waals surface area contributed by atoms with Gasteiger partial charge in [0.25, 0.3) is 0 Å². The van der Waals surface area contributed by atoms with E-state index in [0.717, 1.165) is 17.0 Å². The van der Waals surface area contributed by atoms with Gasteiger partial charge in [0, 0.05) is 13.1 Å². The van der Waals surface area contributed by atoms with Crippen molar-refractivity contribution in [1.29, 1.82) is 0 Å². The van der Waals surface area contributed by atoms with E-state index in [-0.39, 0.29) is 36.6 Å². The molecule has 208 valence electrons. The Morgan fingerprint density at radius 1 is 0.769 bits per heavy atom. The van der Waals surface area contributed by atoms with E-state index >= 15 is 0 Å². The third kappa shape index (κ3) is 6.41. The molecule has 3 aromatic carbocycles. The van der Waals surface area contributed by atoms with Crippen LogP contribution in [0, 0.1) is 0 Å². The van der Waals surface area contributed by atoms with Crippen LogP contribution in [-0.2, 0) is 13.0 Å². The second-order valence-corrected chi connectivity index (χ2v) is 8.44. The second-order valence-electron chi connectivity index (χ2n) is 8.44. The van der Waals surface area contributed by atoms with E-state index in [4.69, 9.17) is 9.47 Å². The van der Waals surface area contributed by atoms with Crippen molar-refractivity contribution in [2.45, 2.75) is 25.7 Å². The van der Waals surface area contributed by atoms with Gasteiger partial charge in [-0.05, 0) is 70.1 Å². The zero-order valence-corrected chi connectivity index (χ0v) is 20.4. The molecule has 0 aromatic heterocycles. The summed E-state index contributed by atoms with van der Waals surface area (Å²) in [5.41, 5.74) is 2.58. The van der Waals surface area contributed by atoms with E-state index in [1.807, 2.05) is 0 Å². The first-order valence-electron chi connectivity index (χ1n) is 11.3. The highest BCUT2D eigenvalue weighted by molar-refractivity contribution is 5.80. The number of ether oxygens (including phenoxy) is 4. The maximum atomic E-state index is 13.1. The van der Waals surface area contributed by atoms with Gasteiger partial charge >= 0.3 is 18.8 Å². The Morgan fingerprint density at radius 3 is 1.82 bits per heavy atom. The number of halogens is 6. The molecule has 1 aliphatic heterocycles. The number of amides is 1. The van der Waals surface area contributed by atoms with Crippen LogP contribution in [0.5, 0.6) is 23.0 Å². The molecule has 0 radical (unpaired) electrons. The minimum Gasteiger partial charge on any atom is -0.493 e. The SMILES string of the molecule is COc1ccc(-c2cc3c(c(-c4ccc(OC)c(OC(F)(F)F)c4)c2)CN(C(=O)O)CC3)cc1OC(F)(F)F. The predicted molar refractivity (Wildman–Crippen MR) is 126 cm³/mol. The van der Waals surface area contributed by atoms with Gasteiger partial charge in [-0.3, -0.25) is 0 Å². The van der Waals surface area contributed by atoms with Gasteiger partial charge in [-0.15, -0.1) is 26.3 Å². The molecular weight excluding hydrogens is 536 g/mol. The zero-order chi connectivity index (χ0) is 28.5. The molecule has 0 aliphatic carbocycles. The third-order valence-corrected chi connectivity index (χ3v) is 6.04. The summed E-state index contributed by atoms with van der Waals surface area (Å²) in [4.78, 5) is 12.8. The summed E-state index contributed by atoms with van der Waals surface area (Å²) in [7, 11) is 2.36. The van der Waals surface area contributed by atoms with E-state index in [1.165, 1.54) is 38.5 Å². The van der Waals surface area contributed by atoms with Crippen LogP contribution in [0.2, 0.25) is 0 Å². The fourth-order valence-corrected chi connectivity index (χ4v) is 4.36. The number of alkyl halides is 6. The van der Waals surface area contributed by atoms with Gasteiger partial charge in [-0.25, -0.2) is 4.79 Å². The largest absolute Gasteiger partial charge is 0.573 e. The van der Waals surface area contributed by atoms with Crippen LogP contribution in [-0.4, -0.2) is 49.6 Å². The number of rotatable bonds is 6. The predicted octanol–water partition coefficient (Wildman–Crippen LogP) is 6.87. The summed E-state index contributed by atoms with van der Waals surface area (Å²) in [5.74, 6) is -1.53. The number of hydrogen-bond donors (Lipinski definition) is 1. The van der Waals surface area contributed by atoms with Crippen LogP contribution in [0.15, 0.2) is 48.5 Å². The smallest absolute Gasteiger partial charge is 0.493 e. The molecule has 0 saturated carbocycles. The number of hydrogen-bond acceptors (Lipinski definition) is 5. The summed E-state index contributed by atoms with van der Waals surface area (Å²) < 4.78 is 96.3. The molecule has 3 aromatic rings. The fraction of sp³-hybridized carbons (Fsp3) is 0.269. The van der Waals surface area contributed by atoms with Crippen molar-refractivity contribution in [2.75, 3.05) is 20.8 Å². The molecule has 0 unspecified atom stereocenters. The van der Waals surface area contributed by atoms with Gasteiger partial charge in [-0.2, -0.15) is 0 Å². The van der Waals surface area contributed by atoms with Crippen molar-refractivity contribution in [3.8, 4) is 45.3 Å². The van der Waals surface area contributed by atoms with Gasteiger partial charge in [0.05, 0.1) is 14.2 Å². The Bertz CT molecular complexity index is 1390. The minimum atomic E-state index is -5.01. The summed E-state index contributed by atoms with van der Waals surface area (Å²) >= 11 is 0. The molecule has 0 spiro atoms. The van der Waals surface area contributed by atoms with Gasteiger partial charge < -0.3 is 29.0 Å². The van der Waals surface area contributed by atoms with E-state index in [1.54, 1.807) is 12.1 Å². The molecule has 1 amide bonds. The molecule has 13 heteroatoms. The Labute approximate surface area is 218 Å². The Morgan fingerprint density at radius 2 is 1.31 bits per heavy atom. The average molecular weight is 557 g/mol. The number of fused-ring (bicyclic) bond motifs is 1. The molecule has 0 atom stereocenters. The molecule has 39 heavy (non-hydrogen) atoms. The summed E-state index contributed by atoms with van der Waals surface area (Å²) in [6.07, 6.45) is -10.9. The van der Waals surface area contributed by atoms with Crippen molar-refractivity contribution in [1.82, 2.24) is 4.90 Å². The van der Waals surface area contributed by atoms with Crippen molar-refractivity contribution >= 4 is 6.09 Å². The lowest BCUT2D eigenvalue weighted by Gasteiger charge is -2.29. The van der Waals surface area contributed by atoms with Crippen LogP contribution in [0.4, 0.5) is 31.1 Å². The van der Waals surface area contributed by atoms with Crippen molar-refractivity contribution < 1.29 is 55.2 Å². The molecule has 1 N–H and O–H groups in total. The molecule has 0 saturated heterocycles. The normalized spacial score (nSPS) is 13.5. The monoisotopic (exact) mass is 557 g/mol. The van der Waals surface area contributed by atoms with E-state index in [2.05, 4.69) is 9.47 Å². The Balaban J connectivity index is 1.90. The first-order valence-corrected chi connectivity index (χ1v) is 11.3. The lowest BCUT2D eigenvalue weighted by Crippen LogP contribution is -2.35. The van der Waals surface area contributed by atoms with Gasteiger partial charge in [-0.1, -0.05) is 18.2 Å². The van der Waals surface area contributed by atoms with E-state index < -0.39 is 30.3 Å². The number of benzene rings is 3. The maximum Gasteiger partial charge on any atom is 0.573 e. The first-order chi connectivity index (χ1) is 18.3. The zero-order valence-electron chi connectivity index (χ0n) is 20.4. The average Bonchev–Trinajstić information content (AvgIpc) is 2.85. The highest BCUT2D eigenvalue weighted by Crippen LogP contribution is 2.42. The highest BCUT2D eigenvalue weighted by atomic mass is 19.4. The fourth-order valence-electron chi connectivity index (χ4n) is 4.36. The maximum absolute atomic E-state index is 13.1. The first kappa shape index (κ1) is 27.7. The van der Waals surface area contributed by atoms with Crippen molar-refractivity contribution in [2.24, 2.45) is 0 Å². The molecular formula is C26H21F6NO6. The quantitative estimate of drug-likeness (QED) is 0.334.